The van der Waals surface area contributed by atoms with Gasteiger partial charge in [0, 0.05) is 11.8 Å². The molecule has 1 unspecified atom stereocenters. The number of imidazole rings is 1. The van der Waals surface area contributed by atoms with Crippen molar-refractivity contribution in [2.24, 2.45) is 0 Å². The van der Waals surface area contributed by atoms with E-state index < -0.39 is 29.3 Å². The van der Waals surface area contributed by atoms with Crippen LogP contribution in [0, 0.1) is 12.7 Å². The maximum Gasteiger partial charge on any atom is 0.301 e. The van der Waals surface area contributed by atoms with Gasteiger partial charge in [0.05, 0.1) is 28.6 Å². The van der Waals surface area contributed by atoms with E-state index in [0.717, 1.165) is 9.60 Å². The van der Waals surface area contributed by atoms with E-state index in [2.05, 4.69) is 9.97 Å². The number of aryl methyl sites for hydroxylation is 1. The maximum atomic E-state index is 15.2. The number of methoxy groups -OCH3 is 1. The van der Waals surface area contributed by atoms with E-state index in [9.17, 15) is 14.7 Å². The van der Waals surface area contributed by atoms with E-state index in [0.29, 0.717) is 22.6 Å². The Hall–Kier alpha value is -4.57. The van der Waals surface area contributed by atoms with Gasteiger partial charge in [-0.3, -0.25) is 18.9 Å². The molecule has 1 atom stereocenters. The van der Waals surface area contributed by atoms with Crippen LogP contribution in [-0.4, -0.2) is 38.3 Å². The Kier molecular flexibility index (Phi) is 5.27. The van der Waals surface area contributed by atoms with Gasteiger partial charge in [0.25, 0.3) is 5.78 Å². The highest BCUT2D eigenvalue weighted by molar-refractivity contribution is 7.22. The summed E-state index contributed by atoms with van der Waals surface area (Å²) < 4.78 is 22.8. The molecule has 1 aliphatic rings. The largest absolute Gasteiger partial charge is 0.505 e. The molecule has 1 N–H and O–H groups in total. The van der Waals surface area contributed by atoms with Crippen molar-refractivity contribution in [3.63, 3.8) is 0 Å². The molecular formula is C27H19FN4O4S. The fraction of sp³-hybridized carbons (Fsp3) is 0.111. The number of aliphatic hydroxyl groups is 1. The Labute approximate surface area is 213 Å². The average Bonchev–Trinajstić information content (AvgIpc) is 3.54. The lowest BCUT2D eigenvalue weighted by Gasteiger charge is -2.23. The van der Waals surface area contributed by atoms with Gasteiger partial charge in [-0.1, -0.05) is 35.6 Å². The van der Waals surface area contributed by atoms with Crippen molar-refractivity contribution in [2.75, 3.05) is 12.0 Å². The number of rotatable bonds is 4. The summed E-state index contributed by atoms with van der Waals surface area (Å²) in [6, 6.07) is 15.2. The molecule has 0 saturated carbocycles. The summed E-state index contributed by atoms with van der Waals surface area (Å²) in [7, 11) is 1.54. The number of aliphatic hydroxyl groups excluding tert-OH is 1. The summed E-state index contributed by atoms with van der Waals surface area (Å²) in [4.78, 5) is 37.1. The fourth-order valence-corrected chi connectivity index (χ4v) is 5.69. The fourth-order valence-electron chi connectivity index (χ4n) is 4.67. The van der Waals surface area contributed by atoms with Crippen molar-refractivity contribution in [3.8, 4) is 5.75 Å². The van der Waals surface area contributed by atoms with Crippen molar-refractivity contribution in [1.29, 1.82) is 0 Å². The number of Topliss-reactive ketones (excluding diaryl/α,β-unsaturated/α-hetero) is 1. The van der Waals surface area contributed by atoms with Crippen LogP contribution in [-0.2, 0) is 9.59 Å². The van der Waals surface area contributed by atoms with Gasteiger partial charge < -0.3 is 9.84 Å². The lowest BCUT2D eigenvalue weighted by atomic mass is 9.96. The zero-order valence-corrected chi connectivity index (χ0v) is 20.5. The van der Waals surface area contributed by atoms with Crippen LogP contribution in [0.2, 0.25) is 0 Å². The molecule has 1 aliphatic heterocycles. The number of hydrogen-bond donors (Lipinski definition) is 1. The first-order valence-electron chi connectivity index (χ1n) is 11.3. The minimum absolute atomic E-state index is 0.0616. The highest BCUT2D eigenvalue weighted by Gasteiger charge is 2.49. The number of nitrogens with zero attached hydrogens (tertiary/aromatic N) is 4. The average molecular weight is 515 g/mol. The quantitative estimate of drug-likeness (QED) is 0.205. The topological polar surface area (TPSA) is 97.0 Å². The number of anilines is 1. The van der Waals surface area contributed by atoms with Gasteiger partial charge in [-0.2, -0.15) is 0 Å². The van der Waals surface area contributed by atoms with Crippen molar-refractivity contribution >= 4 is 49.8 Å². The Balaban J connectivity index is 1.61. The van der Waals surface area contributed by atoms with E-state index in [4.69, 9.17) is 4.74 Å². The molecule has 0 spiro atoms. The second kappa shape index (κ2) is 8.52. The number of carbonyl (C=O) groups excluding carboxylic acids is 2. The van der Waals surface area contributed by atoms with Crippen LogP contribution in [0.1, 0.15) is 23.0 Å². The van der Waals surface area contributed by atoms with Crippen LogP contribution < -0.4 is 9.64 Å². The molecule has 0 aliphatic carbocycles. The van der Waals surface area contributed by atoms with E-state index >= 15 is 4.39 Å². The third kappa shape index (κ3) is 3.48. The van der Waals surface area contributed by atoms with Crippen LogP contribution >= 0.6 is 11.3 Å². The summed E-state index contributed by atoms with van der Waals surface area (Å²) in [6.07, 6.45) is 1.69. The van der Waals surface area contributed by atoms with Gasteiger partial charge in [0.1, 0.15) is 28.9 Å². The smallest absolute Gasteiger partial charge is 0.301 e. The summed E-state index contributed by atoms with van der Waals surface area (Å²) in [5.74, 6) is -2.30. The highest BCUT2D eigenvalue weighted by atomic mass is 32.1. The second-order valence-corrected chi connectivity index (χ2v) is 9.50. The maximum absolute atomic E-state index is 15.2. The first-order valence-corrected chi connectivity index (χ1v) is 12.1. The number of carbonyl (C=O) groups is 2. The number of halogens is 1. The van der Waals surface area contributed by atoms with E-state index in [1.54, 1.807) is 67.1 Å². The molecule has 10 heteroatoms. The van der Waals surface area contributed by atoms with Gasteiger partial charge >= 0.3 is 5.91 Å². The molecule has 5 aromatic rings. The zero-order valence-electron chi connectivity index (χ0n) is 19.7. The minimum Gasteiger partial charge on any atom is -0.505 e. The van der Waals surface area contributed by atoms with Gasteiger partial charge in [-0.05, 0) is 43.3 Å². The number of pyridine rings is 1. The number of ether oxygens (including phenoxy) is 1. The minimum atomic E-state index is -1.24. The standard InChI is InChI=1S/C27H19FN4O4S/c1-14-22(31-12-6-5-9-20(31)29-14)24(33)21-23(16-7-3-4-8-17(16)28)32(26(35)25(21)34)27-30-18-11-10-15(36-2)13-19(18)37-27/h3-13,23,33H,1-2H3. The molecule has 37 heavy (non-hydrogen) atoms. The molecule has 1 amide bonds. The summed E-state index contributed by atoms with van der Waals surface area (Å²) in [5, 5.41) is 11.7. The van der Waals surface area contributed by atoms with Gasteiger partial charge in [-0.25, -0.2) is 14.4 Å². The third-order valence-corrected chi connectivity index (χ3v) is 7.38. The monoisotopic (exact) mass is 514 g/mol. The molecule has 3 aromatic heterocycles. The predicted molar refractivity (Wildman–Crippen MR) is 137 cm³/mol. The molecule has 6 rings (SSSR count). The molecular weight excluding hydrogens is 495 g/mol. The van der Waals surface area contributed by atoms with Gasteiger partial charge in [0.15, 0.2) is 10.9 Å². The van der Waals surface area contributed by atoms with Crippen LogP contribution in [0.5, 0.6) is 5.75 Å². The normalized spacial score (nSPS) is 17.3. The molecule has 4 heterocycles. The number of hydrogen-bond acceptors (Lipinski definition) is 7. The number of thiazole rings is 1. The lowest BCUT2D eigenvalue weighted by Crippen LogP contribution is -2.29. The molecule has 1 saturated heterocycles. The van der Waals surface area contributed by atoms with Crippen LogP contribution in [0.4, 0.5) is 9.52 Å². The molecule has 1 fully saturated rings. The van der Waals surface area contributed by atoms with Crippen molar-refractivity contribution < 1.29 is 23.8 Å². The summed E-state index contributed by atoms with van der Waals surface area (Å²) >= 11 is 1.17. The SMILES string of the molecule is COc1ccc2nc(N3C(=O)C(=O)C(=C(O)c4c(C)nc5ccccn45)C3c3ccccc3F)sc2c1. The van der Waals surface area contributed by atoms with Crippen LogP contribution in [0.3, 0.4) is 0 Å². The molecule has 0 bridgehead atoms. The van der Waals surface area contributed by atoms with Crippen molar-refractivity contribution in [1.82, 2.24) is 14.4 Å². The Morgan fingerprint density at radius 1 is 1.08 bits per heavy atom. The van der Waals surface area contributed by atoms with E-state index in [-0.39, 0.29) is 22.0 Å². The summed E-state index contributed by atoms with van der Waals surface area (Å²) in [6.45, 7) is 1.69. The number of amides is 1. The van der Waals surface area contributed by atoms with Crippen LogP contribution in [0.25, 0.3) is 21.6 Å². The van der Waals surface area contributed by atoms with E-state index in [1.807, 2.05) is 0 Å². The zero-order chi connectivity index (χ0) is 25.8. The molecule has 2 aromatic carbocycles. The highest BCUT2D eigenvalue weighted by Crippen LogP contribution is 2.45. The Morgan fingerprint density at radius 2 is 1.86 bits per heavy atom. The Morgan fingerprint density at radius 3 is 2.65 bits per heavy atom. The number of aromatic nitrogens is 3. The van der Waals surface area contributed by atoms with Crippen LogP contribution in [0.15, 0.2) is 72.4 Å². The number of ketones is 1. The molecule has 8 nitrogen and oxygen atoms in total. The first kappa shape index (κ1) is 22.9. The third-order valence-electron chi connectivity index (χ3n) is 6.36. The Bertz CT molecular complexity index is 1770. The summed E-state index contributed by atoms with van der Waals surface area (Å²) in [5.41, 5.74) is 1.68. The number of benzene rings is 2. The number of fused-ring (bicyclic) bond motifs is 2. The van der Waals surface area contributed by atoms with Crippen molar-refractivity contribution in [2.45, 2.75) is 13.0 Å². The molecule has 184 valence electrons. The van der Waals surface area contributed by atoms with E-state index in [1.165, 1.54) is 29.5 Å². The van der Waals surface area contributed by atoms with Gasteiger partial charge in [0.2, 0.25) is 0 Å². The van der Waals surface area contributed by atoms with Crippen molar-refractivity contribution in [3.05, 3.63) is 95.2 Å². The lowest BCUT2D eigenvalue weighted by molar-refractivity contribution is -0.132. The first-order chi connectivity index (χ1) is 17.9. The molecule has 0 radical (unpaired) electrons. The second-order valence-electron chi connectivity index (χ2n) is 8.50. The van der Waals surface area contributed by atoms with Gasteiger partial charge in [-0.15, -0.1) is 0 Å². The predicted octanol–water partition coefficient (Wildman–Crippen LogP) is 5.03.